The van der Waals surface area contributed by atoms with Gasteiger partial charge in [-0.05, 0) is 31.0 Å². The number of aromatic nitrogens is 1. The van der Waals surface area contributed by atoms with Crippen LogP contribution in [0.15, 0.2) is 48.7 Å². The second kappa shape index (κ2) is 6.91. The number of ether oxygens (including phenoxy) is 1. The van der Waals surface area contributed by atoms with Crippen molar-refractivity contribution in [1.82, 2.24) is 4.98 Å². The summed E-state index contributed by atoms with van der Waals surface area (Å²) in [5.74, 6) is 0.247. The van der Waals surface area contributed by atoms with Crippen LogP contribution in [0.1, 0.15) is 12.8 Å². The van der Waals surface area contributed by atoms with Crippen LogP contribution in [-0.2, 0) is 9.59 Å². The van der Waals surface area contributed by atoms with Gasteiger partial charge in [0.25, 0.3) is 5.91 Å². The Balaban J connectivity index is 1.46. The van der Waals surface area contributed by atoms with Gasteiger partial charge in [-0.1, -0.05) is 18.2 Å². The third-order valence-electron chi connectivity index (χ3n) is 3.36. The summed E-state index contributed by atoms with van der Waals surface area (Å²) in [6.07, 6.45) is 3.43. The average molecular weight is 311 g/mol. The molecule has 0 spiro atoms. The quantitative estimate of drug-likeness (QED) is 0.858. The molecule has 0 aliphatic heterocycles. The molecule has 2 aromatic rings. The van der Waals surface area contributed by atoms with Crippen LogP contribution in [-0.4, -0.2) is 23.4 Å². The molecule has 0 saturated heterocycles. The van der Waals surface area contributed by atoms with Crippen LogP contribution in [0.4, 0.5) is 11.4 Å². The second-order valence-corrected chi connectivity index (χ2v) is 5.35. The van der Waals surface area contributed by atoms with Crippen molar-refractivity contribution < 1.29 is 14.3 Å². The number of para-hydroxylation sites is 1. The van der Waals surface area contributed by atoms with E-state index in [-0.39, 0.29) is 24.3 Å². The third kappa shape index (κ3) is 4.54. The van der Waals surface area contributed by atoms with Crippen LogP contribution >= 0.6 is 0 Å². The molecule has 1 aliphatic carbocycles. The molecule has 6 heteroatoms. The third-order valence-corrected chi connectivity index (χ3v) is 3.36. The van der Waals surface area contributed by atoms with Gasteiger partial charge in [-0.15, -0.1) is 0 Å². The molecule has 1 fully saturated rings. The lowest BCUT2D eigenvalue weighted by Gasteiger charge is -2.08. The van der Waals surface area contributed by atoms with E-state index in [1.807, 2.05) is 18.2 Å². The van der Waals surface area contributed by atoms with Crippen molar-refractivity contribution in [2.24, 2.45) is 5.92 Å². The van der Waals surface area contributed by atoms with Crippen LogP contribution in [0.3, 0.4) is 0 Å². The van der Waals surface area contributed by atoms with E-state index in [9.17, 15) is 9.59 Å². The van der Waals surface area contributed by atoms with Crippen molar-refractivity contribution in [1.29, 1.82) is 0 Å². The number of anilines is 2. The first-order valence-corrected chi connectivity index (χ1v) is 7.45. The van der Waals surface area contributed by atoms with Crippen LogP contribution in [0.5, 0.6) is 5.88 Å². The molecule has 0 unspecified atom stereocenters. The second-order valence-electron chi connectivity index (χ2n) is 5.35. The van der Waals surface area contributed by atoms with E-state index in [4.69, 9.17) is 4.74 Å². The maximum Gasteiger partial charge on any atom is 0.262 e. The van der Waals surface area contributed by atoms with E-state index >= 15 is 0 Å². The van der Waals surface area contributed by atoms with E-state index in [0.717, 1.165) is 12.8 Å². The molecule has 6 nitrogen and oxygen atoms in total. The normalized spacial score (nSPS) is 13.2. The van der Waals surface area contributed by atoms with Gasteiger partial charge in [0.1, 0.15) is 0 Å². The Labute approximate surface area is 133 Å². The fourth-order valence-corrected chi connectivity index (χ4v) is 1.99. The van der Waals surface area contributed by atoms with Gasteiger partial charge in [0, 0.05) is 17.7 Å². The Hall–Kier alpha value is -2.89. The van der Waals surface area contributed by atoms with E-state index in [2.05, 4.69) is 15.6 Å². The lowest BCUT2D eigenvalue weighted by atomic mass is 10.3. The van der Waals surface area contributed by atoms with Crippen LogP contribution < -0.4 is 15.4 Å². The smallest absolute Gasteiger partial charge is 0.262 e. The predicted octanol–water partition coefficient (Wildman–Crippen LogP) is 2.45. The number of nitrogens with zero attached hydrogens (tertiary/aromatic N) is 1. The van der Waals surface area contributed by atoms with Crippen molar-refractivity contribution in [3.8, 4) is 5.88 Å². The van der Waals surface area contributed by atoms with Gasteiger partial charge in [0.05, 0.1) is 11.9 Å². The summed E-state index contributed by atoms with van der Waals surface area (Å²) >= 11 is 0. The molecule has 0 bridgehead atoms. The summed E-state index contributed by atoms with van der Waals surface area (Å²) in [5.41, 5.74) is 1.34. The molecule has 118 valence electrons. The van der Waals surface area contributed by atoms with Gasteiger partial charge < -0.3 is 15.4 Å². The standard InChI is InChI=1S/C17H17N3O3/c21-15(19-13-4-2-1-3-5-13)11-23-16-9-8-14(10-18-16)20-17(22)12-6-7-12/h1-5,8-10,12H,6-7,11H2,(H,19,21)(H,20,22). The average Bonchev–Trinajstić information content (AvgIpc) is 3.40. The molecule has 1 aromatic heterocycles. The highest BCUT2D eigenvalue weighted by Crippen LogP contribution is 2.30. The zero-order valence-electron chi connectivity index (χ0n) is 12.5. The Morgan fingerprint density at radius 3 is 2.48 bits per heavy atom. The Morgan fingerprint density at radius 1 is 1.04 bits per heavy atom. The number of pyridine rings is 1. The first kappa shape index (κ1) is 15.0. The molecule has 2 N–H and O–H groups in total. The SMILES string of the molecule is O=C(COc1ccc(NC(=O)C2CC2)cn1)Nc1ccccc1. The largest absolute Gasteiger partial charge is 0.468 e. The minimum atomic E-state index is -0.260. The maximum absolute atomic E-state index is 11.8. The van der Waals surface area contributed by atoms with Crippen molar-refractivity contribution in [2.45, 2.75) is 12.8 Å². The minimum Gasteiger partial charge on any atom is -0.468 e. The zero-order chi connectivity index (χ0) is 16.1. The van der Waals surface area contributed by atoms with E-state index in [0.29, 0.717) is 17.3 Å². The van der Waals surface area contributed by atoms with Crippen LogP contribution in [0, 0.1) is 5.92 Å². The Kier molecular flexibility index (Phi) is 4.52. The lowest BCUT2D eigenvalue weighted by molar-refractivity contribution is -0.118. The van der Waals surface area contributed by atoms with Gasteiger partial charge in [0.15, 0.2) is 6.61 Å². The number of nitrogens with one attached hydrogen (secondary N) is 2. The highest BCUT2D eigenvalue weighted by Gasteiger charge is 2.29. The summed E-state index contributed by atoms with van der Waals surface area (Å²) < 4.78 is 5.32. The number of hydrogen-bond acceptors (Lipinski definition) is 4. The Bertz CT molecular complexity index is 682. The van der Waals surface area contributed by atoms with Gasteiger partial charge in [-0.2, -0.15) is 0 Å². The summed E-state index contributed by atoms with van der Waals surface area (Å²) in [7, 11) is 0. The van der Waals surface area contributed by atoms with Crippen LogP contribution in [0.2, 0.25) is 0 Å². The molecular weight excluding hydrogens is 294 g/mol. The predicted molar refractivity (Wildman–Crippen MR) is 86.2 cm³/mol. The number of rotatable bonds is 6. The summed E-state index contributed by atoms with van der Waals surface area (Å²) in [5, 5.41) is 5.51. The summed E-state index contributed by atoms with van der Waals surface area (Å²) in [6.45, 7) is -0.129. The lowest BCUT2D eigenvalue weighted by Crippen LogP contribution is -2.20. The molecule has 1 aromatic carbocycles. The molecule has 0 radical (unpaired) electrons. The van der Waals surface area contributed by atoms with E-state index < -0.39 is 0 Å². The first-order chi connectivity index (χ1) is 11.2. The topological polar surface area (TPSA) is 80.3 Å². The fourth-order valence-electron chi connectivity index (χ4n) is 1.99. The van der Waals surface area contributed by atoms with Gasteiger partial charge in [-0.3, -0.25) is 9.59 Å². The molecule has 3 rings (SSSR count). The molecule has 23 heavy (non-hydrogen) atoms. The zero-order valence-corrected chi connectivity index (χ0v) is 12.5. The number of carbonyl (C=O) groups is 2. The van der Waals surface area contributed by atoms with Gasteiger partial charge in [-0.25, -0.2) is 4.98 Å². The molecular formula is C17H17N3O3. The van der Waals surface area contributed by atoms with E-state index in [1.54, 1.807) is 24.3 Å². The molecule has 1 aliphatic rings. The molecule has 2 amide bonds. The van der Waals surface area contributed by atoms with Crippen molar-refractivity contribution in [3.63, 3.8) is 0 Å². The number of amides is 2. The number of carbonyl (C=O) groups excluding carboxylic acids is 2. The summed E-state index contributed by atoms with van der Waals surface area (Å²) in [4.78, 5) is 27.5. The maximum atomic E-state index is 11.8. The van der Waals surface area contributed by atoms with Crippen LogP contribution in [0.25, 0.3) is 0 Å². The monoisotopic (exact) mass is 311 g/mol. The fraction of sp³-hybridized carbons (Fsp3) is 0.235. The molecule has 0 atom stereocenters. The highest BCUT2D eigenvalue weighted by atomic mass is 16.5. The van der Waals surface area contributed by atoms with Gasteiger partial charge >= 0.3 is 0 Å². The molecule has 1 saturated carbocycles. The highest BCUT2D eigenvalue weighted by molar-refractivity contribution is 5.94. The Morgan fingerprint density at radius 2 is 1.83 bits per heavy atom. The first-order valence-electron chi connectivity index (χ1n) is 7.45. The summed E-state index contributed by atoms with van der Waals surface area (Å²) in [6, 6.07) is 12.5. The van der Waals surface area contributed by atoms with E-state index in [1.165, 1.54) is 6.20 Å². The number of benzene rings is 1. The van der Waals surface area contributed by atoms with Crippen molar-refractivity contribution in [3.05, 3.63) is 48.7 Å². The van der Waals surface area contributed by atoms with Crippen molar-refractivity contribution >= 4 is 23.2 Å². The molecule has 1 heterocycles. The number of hydrogen-bond donors (Lipinski definition) is 2. The minimum absolute atomic E-state index is 0.0303. The van der Waals surface area contributed by atoms with Crippen molar-refractivity contribution in [2.75, 3.05) is 17.2 Å². The van der Waals surface area contributed by atoms with Gasteiger partial charge in [0.2, 0.25) is 11.8 Å².